The highest BCUT2D eigenvalue weighted by molar-refractivity contribution is 7.91. The molecular formula is C15H18O6S. The first-order chi connectivity index (χ1) is 10.2. The maximum absolute atomic E-state index is 12.2. The van der Waals surface area contributed by atoms with E-state index in [2.05, 4.69) is 4.74 Å². The first-order valence-electron chi connectivity index (χ1n) is 6.59. The van der Waals surface area contributed by atoms with Gasteiger partial charge in [0, 0.05) is 11.6 Å². The van der Waals surface area contributed by atoms with Crippen LogP contribution >= 0.6 is 0 Å². The van der Waals surface area contributed by atoms with E-state index in [0.29, 0.717) is 18.1 Å². The Morgan fingerprint density at radius 2 is 1.95 bits per heavy atom. The number of aliphatic hydroxyl groups excluding tert-OH is 1. The number of esters is 1. The van der Waals surface area contributed by atoms with Gasteiger partial charge in [-0.3, -0.25) is 4.79 Å². The van der Waals surface area contributed by atoms with Crippen molar-refractivity contribution in [2.75, 3.05) is 12.9 Å². The average Bonchev–Trinajstić information content (AvgIpc) is 2.45. The van der Waals surface area contributed by atoms with E-state index in [0.717, 1.165) is 7.11 Å². The molecule has 0 bridgehead atoms. The number of ether oxygens (including phenoxy) is 1. The van der Waals surface area contributed by atoms with Gasteiger partial charge < -0.3 is 9.84 Å². The fourth-order valence-electron chi connectivity index (χ4n) is 1.86. The molecule has 0 aromatic heterocycles. The molecule has 0 heterocycles. The number of benzene rings is 1. The Hall–Kier alpha value is -2.15. The van der Waals surface area contributed by atoms with E-state index in [1.807, 2.05) is 0 Å². The van der Waals surface area contributed by atoms with Crippen LogP contribution in [0.2, 0.25) is 0 Å². The maximum Gasteiger partial charge on any atom is 0.378 e. The molecule has 7 heteroatoms. The number of ketones is 1. The lowest BCUT2D eigenvalue weighted by Gasteiger charge is -2.10. The molecule has 0 atom stereocenters. The molecule has 0 unspecified atom stereocenters. The Bertz CT molecular complexity index is 716. The van der Waals surface area contributed by atoms with Crippen LogP contribution in [-0.2, 0) is 24.2 Å². The first-order valence-corrected chi connectivity index (χ1v) is 8.25. The number of rotatable bonds is 6. The van der Waals surface area contributed by atoms with Crippen molar-refractivity contribution < 1.29 is 27.9 Å². The Labute approximate surface area is 129 Å². The molecule has 0 aliphatic carbocycles. The number of sulfone groups is 1. The van der Waals surface area contributed by atoms with Crippen LogP contribution in [-0.4, -0.2) is 38.1 Å². The van der Waals surface area contributed by atoms with Crippen molar-refractivity contribution in [3.05, 3.63) is 35.4 Å². The highest BCUT2D eigenvalue weighted by Crippen LogP contribution is 2.25. The van der Waals surface area contributed by atoms with Crippen molar-refractivity contribution in [1.82, 2.24) is 0 Å². The SMILES string of the molecule is CCCS(=O)(=O)c1ccc(C)cc1/C(O)=C/C(=O)C(=O)OC. The smallest absolute Gasteiger partial charge is 0.378 e. The molecule has 0 radical (unpaired) electrons. The number of hydrogen-bond donors (Lipinski definition) is 1. The minimum absolute atomic E-state index is 0.00861. The van der Waals surface area contributed by atoms with Gasteiger partial charge in [-0.15, -0.1) is 0 Å². The fraction of sp³-hybridized carbons (Fsp3) is 0.333. The fourth-order valence-corrected chi connectivity index (χ4v) is 3.39. The lowest BCUT2D eigenvalue weighted by molar-refractivity contribution is -0.149. The zero-order valence-electron chi connectivity index (χ0n) is 12.6. The molecule has 1 aromatic rings. The molecule has 0 spiro atoms. The monoisotopic (exact) mass is 326 g/mol. The van der Waals surface area contributed by atoms with Gasteiger partial charge in [-0.1, -0.05) is 18.6 Å². The van der Waals surface area contributed by atoms with E-state index in [1.54, 1.807) is 19.9 Å². The molecule has 0 fully saturated rings. The van der Waals surface area contributed by atoms with Crippen LogP contribution in [0.5, 0.6) is 0 Å². The number of aryl methyl sites for hydroxylation is 1. The number of hydrogen-bond acceptors (Lipinski definition) is 6. The molecule has 0 saturated heterocycles. The predicted octanol–water partition coefficient (Wildman–Crippen LogP) is 1.82. The third kappa shape index (κ3) is 4.17. The molecule has 0 amide bonds. The van der Waals surface area contributed by atoms with E-state index < -0.39 is 27.3 Å². The molecule has 0 saturated carbocycles. The molecular weight excluding hydrogens is 308 g/mol. The van der Waals surface area contributed by atoms with Crippen LogP contribution in [0.4, 0.5) is 0 Å². The second-order valence-electron chi connectivity index (χ2n) is 4.70. The Kier molecular flexibility index (Phi) is 5.87. The topological polar surface area (TPSA) is 97.7 Å². The summed E-state index contributed by atoms with van der Waals surface area (Å²) in [6, 6.07) is 4.42. The summed E-state index contributed by atoms with van der Waals surface area (Å²) in [5, 5.41) is 10.0. The van der Waals surface area contributed by atoms with Gasteiger partial charge in [-0.25, -0.2) is 13.2 Å². The van der Waals surface area contributed by atoms with Gasteiger partial charge in [0.25, 0.3) is 5.78 Å². The van der Waals surface area contributed by atoms with Gasteiger partial charge in [0.15, 0.2) is 9.84 Å². The zero-order chi connectivity index (χ0) is 16.9. The van der Waals surface area contributed by atoms with E-state index in [4.69, 9.17) is 0 Å². The Morgan fingerprint density at radius 3 is 2.50 bits per heavy atom. The molecule has 120 valence electrons. The summed E-state index contributed by atoms with van der Waals surface area (Å²) in [5.74, 6) is -2.88. The molecule has 22 heavy (non-hydrogen) atoms. The minimum atomic E-state index is -3.59. The summed E-state index contributed by atoms with van der Waals surface area (Å²) < 4.78 is 28.7. The number of carbonyl (C=O) groups excluding carboxylic acids is 2. The Balaban J connectivity index is 3.41. The molecule has 1 N–H and O–H groups in total. The predicted molar refractivity (Wildman–Crippen MR) is 81.2 cm³/mol. The summed E-state index contributed by atoms with van der Waals surface area (Å²) in [4.78, 5) is 22.5. The normalized spacial score (nSPS) is 12.0. The van der Waals surface area contributed by atoms with Crippen molar-refractivity contribution in [3.63, 3.8) is 0 Å². The summed E-state index contributed by atoms with van der Waals surface area (Å²) in [6.07, 6.45) is 1.08. The molecule has 1 aromatic carbocycles. The first kappa shape index (κ1) is 17.9. The third-order valence-electron chi connectivity index (χ3n) is 2.87. The maximum atomic E-state index is 12.2. The van der Waals surface area contributed by atoms with E-state index in [1.165, 1.54) is 12.1 Å². The van der Waals surface area contributed by atoms with Crippen molar-refractivity contribution >= 4 is 27.3 Å². The molecule has 0 aliphatic rings. The standard InChI is InChI=1S/C15H18O6S/c1-4-7-22(19,20)14-6-5-10(2)8-11(14)12(16)9-13(17)15(18)21-3/h5-6,8-9,16H,4,7H2,1-3H3/b12-9-. The second kappa shape index (κ2) is 7.22. The van der Waals surface area contributed by atoms with Gasteiger partial charge >= 0.3 is 5.97 Å². The third-order valence-corrected chi connectivity index (χ3v) is 4.85. The van der Waals surface area contributed by atoms with Crippen LogP contribution < -0.4 is 0 Å². The van der Waals surface area contributed by atoms with Crippen LogP contribution in [0.15, 0.2) is 29.2 Å². The second-order valence-corrected chi connectivity index (χ2v) is 6.78. The van der Waals surface area contributed by atoms with Gasteiger partial charge in [0.1, 0.15) is 5.76 Å². The lowest BCUT2D eigenvalue weighted by atomic mass is 10.1. The average molecular weight is 326 g/mol. The van der Waals surface area contributed by atoms with Crippen LogP contribution in [0, 0.1) is 6.92 Å². The van der Waals surface area contributed by atoms with Gasteiger partial charge in [0.2, 0.25) is 0 Å². The minimum Gasteiger partial charge on any atom is -0.507 e. The molecule has 0 aliphatic heterocycles. The van der Waals surface area contributed by atoms with E-state index in [-0.39, 0.29) is 16.2 Å². The zero-order valence-corrected chi connectivity index (χ0v) is 13.4. The highest BCUT2D eigenvalue weighted by atomic mass is 32.2. The largest absolute Gasteiger partial charge is 0.507 e. The Morgan fingerprint density at radius 1 is 1.32 bits per heavy atom. The summed E-state index contributed by atoms with van der Waals surface area (Å²) in [6.45, 7) is 3.44. The van der Waals surface area contributed by atoms with E-state index in [9.17, 15) is 23.1 Å². The summed E-state index contributed by atoms with van der Waals surface area (Å²) >= 11 is 0. The van der Waals surface area contributed by atoms with Gasteiger partial charge in [-0.2, -0.15) is 0 Å². The van der Waals surface area contributed by atoms with Crippen LogP contribution in [0.3, 0.4) is 0 Å². The lowest BCUT2D eigenvalue weighted by Crippen LogP contribution is -2.14. The number of carbonyl (C=O) groups is 2. The van der Waals surface area contributed by atoms with Crippen molar-refractivity contribution in [1.29, 1.82) is 0 Å². The van der Waals surface area contributed by atoms with Crippen molar-refractivity contribution in [3.8, 4) is 0 Å². The highest BCUT2D eigenvalue weighted by Gasteiger charge is 2.21. The summed E-state index contributed by atoms with van der Waals surface area (Å²) in [7, 11) is -2.56. The summed E-state index contributed by atoms with van der Waals surface area (Å²) in [5.41, 5.74) is 0.696. The van der Waals surface area contributed by atoms with Crippen molar-refractivity contribution in [2.45, 2.75) is 25.2 Å². The van der Waals surface area contributed by atoms with Crippen LogP contribution in [0.1, 0.15) is 24.5 Å². The number of methoxy groups -OCH3 is 1. The van der Waals surface area contributed by atoms with Crippen molar-refractivity contribution in [2.24, 2.45) is 0 Å². The molecule has 6 nitrogen and oxygen atoms in total. The number of aliphatic hydroxyl groups is 1. The van der Waals surface area contributed by atoms with Gasteiger partial charge in [0.05, 0.1) is 17.8 Å². The van der Waals surface area contributed by atoms with E-state index >= 15 is 0 Å². The van der Waals surface area contributed by atoms with Crippen LogP contribution in [0.25, 0.3) is 5.76 Å². The molecule has 1 rings (SSSR count). The quantitative estimate of drug-likeness (QED) is 0.370. The van der Waals surface area contributed by atoms with Gasteiger partial charge in [-0.05, 0) is 25.5 Å².